The van der Waals surface area contributed by atoms with Crippen LogP contribution < -0.4 is 10.6 Å². The third-order valence-corrected chi connectivity index (χ3v) is 6.27. The molecule has 1 aromatic rings. The zero-order valence-corrected chi connectivity index (χ0v) is 17.1. The highest BCUT2D eigenvalue weighted by Gasteiger charge is 2.30. The van der Waals surface area contributed by atoms with E-state index < -0.39 is 20.7 Å². The summed E-state index contributed by atoms with van der Waals surface area (Å²) in [5, 5.41) is 17.2. The van der Waals surface area contributed by atoms with Crippen molar-refractivity contribution in [3.63, 3.8) is 0 Å². The van der Waals surface area contributed by atoms with Crippen LogP contribution in [0.3, 0.4) is 0 Å². The summed E-state index contributed by atoms with van der Waals surface area (Å²) in [7, 11) is -3.24. The molecule has 1 unspecified atom stereocenters. The van der Waals surface area contributed by atoms with Crippen LogP contribution in [0.4, 0.5) is 0 Å². The Bertz CT molecular complexity index is 701. The van der Waals surface area contributed by atoms with Crippen molar-refractivity contribution < 1.29 is 13.5 Å². The van der Waals surface area contributed by atoms with E-state index in [1.165, 1.54) is 6.26 Å². The van der Waals surface area contributed by atoms with E-state index in [0.717, 1.165) is 0 Å². The second-order valence-electron chi connectivity index (χ2n) is 6.33. The van der Waals surface area contributed by atoms with E-state index in [9.17, 15) is 13.5 Å². The van der Waals surface area contributed by atoms with Gasteiger partial charge in [-0.3, -0.25) is 4.99 Å². The van der Waals surface area contributed by atoms with Crippen LogP contribution >= 0.6 is 23.2 Å². The SMILES string of the molecule is CCNC(=NCC(C)(C)S(C)(=O)=O)NCC(O)c1cc(Cl)cc(Cl)c1. The van der Waals surface area contributed by atoms with Gasteiger partial charge in [0.1, 0.15) is 0 Å². The van der Waals surface area contributed by atoms with E-state index in [1.54, 1.807) is 32.0 Å². The minimum atomic E-state index is -3.24. The minimum Gasteiger partial charge on any atom is -0.387 e. The fourth-order valence-corrected chi connectivity index (χ4v) is 2.65. The maximum absolute atomic E-state index is 11.8. The Morgan fingerprint density at radius 2 is 1.80 bits per heavy atom. The van der Waals surface area contributed by atoms with Crippen molar-refractivity contribution >= 4 is 39.0 Å². The van der Waals surface area contributed by atoms with E-state index in [-0.39, 0.29) is 13.1 Å². The summed E-state index contributed by atoms with van der Waals surface area (Å²) in [6.07, 6.45) is 0.346. The highest BCUT2D eigenvalue weighted by atomic mass is 35.5. The van der Waals surface area contributed by atoms with Crippen molar-refractivity contribution in [2.24, 2.45) is 4.99 Å². The number of hydrogen-bond acceptors (Lipinski definition) is 4. The average Bonchev–Trinajstić information content (AvgIpc) is 2.47. The molecule has 1 aromatic carbocycles. The molecule has 0 saturated carbocycles. The summed E-state index contributed by atoms with van der Waals surface area (Å²) in [5.41, 5.74) is 0.581. The van der Waals surface area contributed by atoms with E-state index in [2.05, 4.69) is 15.6 Å². The number of nitrogens with zero attached hydrogens (tertiary/aromatic N) is 1. The van der Waals surface area contributed by atoms with Crippen LogP contribution in [-0.4, -0.2) is 50.1 Å². The van der Waals surface area contributed by atoms with Crippen molar-refractivity contribution in [3.8, 4) is 0 Å². The number of aliphatic imine (C=N–C) groups is 1. The Morgan fingerprint density at radius 3 is 2.28 bits per heavy atom. The van der Waals surface area contributed by atoms with Gasteiger partial charge >= 0.3 is 0 Å². The molecule has 0 aliphatic heterocycles. The lowest BCUT2D eigenvalue weighted by atomic mass is 10.1. The molecule has 6 nitrogen and oxygen atoms in total. The molecule has 1 rings (SSSR count). The molecule has 0 aliphatic rings. The summed E-state index contributed by atoms with van der Waals surface area (Å²) in [4.78, 5) is 4.30. The highest BCUT2D eigenvalue weighted by Crippen LogP contribution is 2.23. The molecule has 142 valence electrons. The predicted octanol–water partition coefficient (Wildman–Crippen LogP) is 2.41. The quantitative estimate of drug-likeness (QED) is 0.475. The molecule has 1 atom stereocenters. The number of aliphatic hydroxyl groups is 1. The van der Waals surface area contributed by atoms with Gasteiger partial charge in [0.2, 0.25) is 0 Å². The van der Waals surface area contributed by atoms with Gasteiger partial charge in [-0.2, -0.15) is 0 Å². The molecule has 0 bridgehead atoms. The van der Waals surface area contributed by atoms with Crippen LogP contribution in [0.15, 0.2) is 23.2 Å². The molecule has 0 spiro atoms. The predicted molar refractivity (Wildman–Crippen MR) is 104 cm³/mol. The van der Waals surface area contributed by atoms with Crippen molar-refractivity contribution in [3.05, 3.63) is 33.8 Å². The van der Waals surface area contributed by atoms with Gasteiger partial charge in [-0.1, -0.05) is 23.2 Å². The smallest absolute Gasteiger partial charge is 0.191 e. The standard InChI is InChI=1S/C16H25Cl2N3O3S/c1-5-19-15(21-10-16(2,3)25(4,23)24)20-9-14(22)11-6-12(17)8-13(18)7-11/h6-8,14,22H,5,9-10H2,1-4H3,(H2,19,20,21). The molecular formula is C16H25Cl2N3O3S. The Hall–Kier alpha value is -1.02. The van der Waals surface area contributed by atoms with Crippen LogP contribution in [0, 0.1) is 0 Å². The number of sulfone groups is 1. The fourth-order valence-electron chi connectivity index (χ4n) is 1.81. The normalized spacial score (nSPS) is 14.3. The Balaban J connectivity index is 2.79. The molecule has 25 heavy (non-hydrogen) atoms. The second-order valence-corrected chi connectivity index (χ2v) is 9.85. The van der Waals surface area contributed by atoms with Gasteiger partial charge in [0.15, 0.2) is 15.8 Å². The number of benzene rings is 1. The first-order valence-electron chi connectivity index (χ1n) is 7.82. The molecule has 0 aliphatic carbocycles. The van der Waals surface area contributed by atoms with Crippen LogP contribution in [-0.2, 0) is 9.84 Å². The second kappa shape index (κ2) is 9.07. The lowest BCUT2D eigenvalue weighted by Gasteiger charge is -2.21. The van der Waals surface area contributed by atoms with Gasteiger partial charge in [-0.05, 0) is 44.5 Å². The first kappa shape index (κ1) is 22.0. The first-order chi connectivity index (χ1) is 11.5. The number of rotatable bonds is 7. The fraction of sp³-hybridized carbons (Fsp3) is 0.562. The number of hydrogen-bond donors (Lipinski definition) is 3. The van der Waals surface area contributed by atoms with E-state index in [0.29, 0.717) is 28.1 Å². The lowest BCUT2D eigenvalue weighted by molar-refractivity contribution is 0.181. The molecule has 0 radical (unpaired) electrons. The van der Waals surface area contributed by atoms with E-state index in [1.807, 2.05) is 6.92 Å². The lowest BCUT2D eigenvalue weighted by Crippen LogP contribution is -2.42. The maximum Gasteiger partial charge on any atom is 0.191 e. The van der Waals surface area contributed by atoms with Gasteiger partial charge in [-0.25, -0.2) is 8.42 Å². The Labute approximate surface area is 159 Å². The third kappa shape index (κ3) is 7.01. The third-order valence-electron chi connectivity index (χ3n) is 3.70. The summed E-state index contributed by atoms with van der Waals surface area (Å²) in [6, 6.07) is 4.86. The minimum absolute atomic E-state index is 0.0975. The maximum atomic E-state index is 11.8. The molecule has 0 saturated heterocycles. The monoisotopic (exact) mass is 409 g/mol. The van der Waals surface area contributed by atoms with Crippen molar-refractivity contribution in [1.29, 1.82) is 0 Å². The Kier molecular flexibility index (Phi) is 7.99. The molecule has 0 fully saturated rings. The van der Waals surface area contributed by atoms with Gasteiger partial charge in [0, 0.05) is 29.4 Å². The summed E-state index contributed by atoms with van der Waals surface area (Å²) in [5.74, 6) is 0.423. The summed E-state index contributed by atoms with van der Waals surface area (Å²) in [6.45, 7) is 6.01. The van der Waals surface area contributed by atoms with Crippen molar-refractivity contribution in [1.82, 2.24) is 10.6 Å². The van der Waals surface area contributed by atoms with Gasteiger partial charge in [0.05, 0.1) is 17.4 Å². The van der Waals surface area contributed by atoms with Crippen LogP contribution in [0.2, 0.25) is 10.0 Å². The van der Waals surface area contributed by atoms with E-state index in [4.69, 9.17) is 23.2 Å². The summed E-state index contributed by atoms with van der Waals surface area (Å²) >= 11 is 11.9. The number of aliphatic hydroxyl groups excluding tert-OH is 1. The van der Waals surface area contributed by atoms with E-state index >= 15 is 0 Å². The zero-order chi connectivity index (χ0) is 19.3. The largest absolute Gasteiger partial charge is 0.387 e. The summed E-state index contributed by atoms with van der Waals surface area (Å²) < 4.78 is 22.5. The van der Waals surface area contributed by atoms with Crippen LogP contribution in [0.25, 0.3) is 0 Å². The average molecular weight is 410 g/mol. The highest BCUT2D eigenvalue weighted by molar-refractivity contribution is 7.92. The Morgan fingerprint density at radius 1 is 1.24 bits per heavy atom. The van der Waals surface area contributed by atoms with Gasteiger partial charge < -0.3 is 15.7 Å². The molecular weight excluding hydrogens is 385 g/mol. The molecule has 9 heteroatoms. The van der Waals surface area contributed by atoms with Gasteiger partial charge in [0.25, 0.3) is 0 Å². The molecule has 0 amide bonds. The number of halogens is 2. The van der Waals surface area contributed by atoms with Crippen molar-refractivity contribution in [2.75, 3.05) is 25.9 Å². The number of nitrogens with one attached hydrogen (secondary N) is 2. The number of guanidine groups is 1. The molecule has 3 N–H and O–H groups in total. The van der Waals surface area contributed by atoms with Crippen LogP contribution in [0.1, 0.15) is 32.4 Å². The van der Waals surface area contributed by atoms with Gasteiger partial charge in [-0.15, -0.1) is 0 Å². The van der Waals surface area contributed by atoms with Crippen LogP contribution in [0.5, 0.6) is 0 Å². The first-order valence-corrected chi connectivity index (χ1v) is 10.5. The molecule has 0 aromatic heterocycles. The van der Waals surface area contributed by atoms with Crippen molar-refractivity contribution in [2.45, 2.75) is 31.6 Å². The topological polar surface area (TPSA) is 90.8 Å². The zero-order valence-electron chi connectivity index (χ0n) is 14.8. The molecule has 0 heterocycles.